The van der Waals surface area contributed by atoms with Gasteiger partial charge in [-0.15, -0.1) is 0 Å². The van der Waals surface area contributed by atoms with Crippen molar-refractivity contribution in [3.63, 3.8) is 0 Å². The van der Waals surface area contributed by atoms with Crippen molar-refractivity contribution in [2.24, 2.45) is 11.7 Å². The number of hydrogen-bond acceptors (Lipinski definition) is 5. The first-order valence-corrected chi connectivity index (χ1v) is 7.24. The molecule has 0 spiro atoms. The maximum absolute atomic E-state index is 5.80. The van der Waals surface area contributed by atoms with Gasteiger partial charge in [0.25, 0.3) is 0 Å². The molecular weight excluding hydrogens is 238 g/mol. The zero-order valence-electron chi connectivity index (χ0n) is 11.7. The summed E-state index contributed by atoms with van der Waals surface area (Å²) in [6.07, 6.45) is 5.49. The average Bonchev–Trinajstić information content (AvgIpc) is 2.46. The second kappa shape index (κ2) is 5.43. The monoisotopic (exact) mass is 261 g/mol. The molecule has 19 heavy (non-hydrogen) atoms. The second-order valence-corrected chi connectivity index (χ2v) is 5.82. The molecule has 1 aromatic rings. The minimum Gasteiger partial charge on any atom is -0.340 e. The van der Waals surface area contributed by atoms with Crippen LogP contribution in [0.15, 0.2) is 6.20 Å². The highest BCUT2D eigenvalue weighted by atomic mass is 15.3. The summed E-state index contributed by atoms with van der Waals surface area (Å²) in [5.74, 6) is 1.50. The van der Waals surface area contributed by atoms with E-state index in [1.165, 1.54) is 24.1 Å². The largest absolute Gasteiger partial charge is 0.340 e. The van der Waals surface area contributed by atoms with E-state index in [4.69, 9.17) is 10.7 Å². The van der Waals surface area contributed by atoms with Crippen LogP contribution < -0.4 is 10.6 Å². The standard InChI is InChI=1S/C14H23N5/c1-18-6-4-13-12(10-18)8-16-14(17-13)19-5-2-3-11(7-15)9-19/h8,11H,2-7,9-10,15H2,1H3. The lowest BCUT2D eigenvalue weighted by molar-refractivity contribution is 0.309. The van der Waals surface area contributed by atoms with Gasteiger partial charge in [0.2, 0.25) is 5.95 Å². The quantitative estimate of drug-likeness (QED) is 0.846. The smallest absolute Gasteiger partial charge is 0.225 e. The van der Waals surface area contributed by atoms with E-state index in [9.17, 15) is 0 Å². The van der Waals surface area contributed by atoms with Crippen molar-refractivity contribution in [1.82, 2.24) is 14.9 Å². The number of nitrogens with two attached hydrogens (primary N) is 1. The number of hydrogen-bond donors (Lipinski definition) is 1. The molecule has 2 aliphatic rings. The highest BCUT2D eigenvalue weighted by Crippen LogP contribution is 2.22. The Hall–Kier alpha value is -1.20. The van der Waals surface area contributed by atoms with Crippen molar-refractivity contribution < 1.29 is 0 Å². The van der Waals surface area contributed by atoms with Crippen LogP contribution in [-0.2, 0) is 13.0 Å². The maximum Gasteiger partial charge on any atom is 0.225 e. The normalized spacial score (nSPS) is 24.3. The molecule has 104 valence electrons. The summed E-state index contributed by atoms with van der Waals surface area (Å²) >= 11 is 0. The van der Waals surface area contributed by atoms with E-state index in [0.29, 0.717) is 5.92 Å². The van der Waals surface area contributed by atoms with Crippen LogP contribution in [0.3, 0.4) is 0 Å². The van der Waals surface area contributed by atoms with Gasteiger partial charge in [0.15, 0.2) is 0 Å². The Labute approximate surface area is 114 Å². The van der Waals surface area contributed by atoms with E-state index in [2.05, 4.69) is 21.8 Å². The molecule has 0 amide bonds. The summed E-state index contributed by atoms with van der Waals surface area (Å²) in [6.45, 7) is 4.91. The van der Waals surface area contributed by atoms with Crippen LogP contribution in [0.4, 0.5) is 5.95 Å². The first kappa shape index (κ1) is 12.8. The lowest BCUT2D eigenvalue weighted by atomic mass is 9.99. The number of rotatable bonds is 2. The zero-order chi connectivity index (χ0) is 13.2. The van der Waals surface area contributed by atoms with Crippen molar-refractivity contribution in [3.05, 3.63) is 17.5 Å². The summed E-state index contributed by atoms with van der Waals surface area (Å²) in [5.41, 5.74) is 8.31. The number of aromatic nitrogens is 2. The Kier molecular flexibility index (Phi) is 3.66. The van der Waals surface area contributed by atoms with Gasteiger partial charge < -0.3 is 15.5 Å². The average molecular weight is 261 g/mol. The molecule has 1 unspecified atom stereocenters. The van der Waals surface area contributed by atoms with Gasteiger partial charge >= 0.3 is 0 Å². The molecule has 0 aliphatic carbocycles. The molecule has 3 heterocycles. The summed E-state index contributed by atoms with van der Waals surface area (Å²) < 4.78 is 0. The molecule has 0 aromatic carbocycles. The van der Waals surface area contributed by atoms with Crippen LogP contribution >= 0.6 is 0 Å². The molecule has 1 atom stereocenters. The Morgan fingerprint density at radius 3 is 3.16 bits per heavy atom. The highest BCUT2D eigenvalue weighted by molar-refractivity contribution is 5.34. The predicted molar refractivity (Wildman–Crippen MR) is 76.1 cm³/mol. The van der Waals surface area contributed by atoms with Crippen molar-refractivity contribution in [1.29, 1.82) is 0 Å². The maximum atomic E-state index is 5.80. The van der Waals surface area contributed by atoms with Gasteiger partial charge in [-0.3, -0.25) is 0 Å². The van der Waals surface area contributed by atoms with Crippen LogP contribution in [-0.4, -0.2) is 48.1 Å². The molecule has 5 heteroatoms. The second-order valence-electron chi connectivity index (χ2n) is 5.82. The fourth-order valence-electron chi connectivity index (χ4n) is 3.04. The minimum absolute atomic E-state index is 0.597. The van der Waals surface area contributed by atoms with E-state index < -0.39 is 0 Å². The van der Waals surface area contributed by atoms with E-state index in [0.717, 1.165) is 45.1 Å². The van der Waals surface area contributed by atoms with Gasteiger partial charge in [-0.05, 0) is 32.4 Å². The molecule has 2 aliphatic heterocycles. The first-order chi connectivity index (χ1) is 9.26. The zero-order valence-corrected chi connectivity index (χ0v) is 11.7. The molecule has 1 saturated heterocycles. The van der Waals surface area contributed by atoms with Gasteiger partial charge in [0.1, 0.15) is 0 Å². The van der Waals surface area contributed by atoms with Gasteiger partial charge in [-0.2, -0.15) is 0 Å². The summed E-state index contributed by atoms with van der Waals surface area (Å²) in [6, 6.07) is 0. The van der Waals surface area contributed by atoms with E-state index in [1.807, 2.05) is 6.20 Å². The van der Waals surface area contributed by atoms with E-state index in [1.54, 1.807) is 0 Å². The molecule has 1 fully saturated rings. The molecule has 3 rings (SSSR count). The van der Waals surface area contributed by atoms with E-state index >= 15 is 0 Å². The van der Waals surface area contributed by atoms with Crippen LogP contribution in [0.5, 0.6) is 0 Å². The summed E-state index contributed by atoms with van der Waals surface area (Å²) in [7, 11) is 2.15. The molecule has 0 saturated carbocycles. The molecule has 0 radical (unpaired) electrons. The van der Waals surface area contributed by atoms with Gasteiger partial charge in [0.05, 0.1) is 5.69 Å². The lowest BCUT2D eigenvalue weighted by Gasteiger charge is -2.33. The SMILES string of the molecule is CN1CCc2nc(N3CCCC(CN)C3)ncc2C1. The minimum atomic E-state index is 0.597. The van der Waals surface area contributed by atoms with Crippen molar-refractivity contribution in [3.8, 4) is 0 Å². The number of piperidine rings is 1. The third-order valence-corrected chi connectivity index (χ3v) is 4.25. The number of nitrogens with zero attached hydrogens (tertiary/aromatic N) is 4. The number of anilines is 1. The molecule has 5 nitrogen and oxygen atoms in total. The molecule has 2 N–H and O–H groups in total. The number of fused-ring (bicyclic) bond motifs is 1. The summed E-state index contributed by atoms with van der Waals surface area (Å²) in [4.78, 5) is 14.0. The fourth-order valence-corrected chi connectivity index (χ4v) is 3.04. The van der Waals surface area contributed by atoms with Gasteiger partial charge in [0, 0.05) is 44.4 Å². The van der Waals surface area contributed by atoms with Crippen molar-refractivity contribution in [2.75, 3.05) is 38.1 Å². The van der Waals surface area contributed by atoms with Crippen LogP contribution in [0.2, 0.25) is 0 Å². The van der Waals surface area contributed by atoms with Crippen LogP contribution in [0.1, 0.15) is 24.1 Å². The lowest BCUT2D eigenvalue weighted by Crippen LogP contribution is -2.39. The third kappa shape index (κ3) is 2.72. The fraction of sp³-hybridized carbons (Fsp3) is 0.714. The number of likely N-dealkylation sites (N-methyl/N-ethyl adjacent to an activating group) is 1. The van der Waals surface area contributed by atoms with Gasteiger partial charge in [-0.25, -0.2) is 9.97 Å². The highest BCUT2D eigenvalue weighted by Gasteiger charge is 2.22. The molecular formula is C14H23N5. The molecule has 0 bridgehead atoms. The van der Waals surface area contributed by atoms with E-state index in [-0.39, 0.29) is 0 Å². The molecule has 1 aromatic heterocycles. The first-order valence-electron chi connectivity index (χ1n) is 7.24. The topological polar surface area (TPSA) is 58.3 Å². The van der Waals surface area contributed by atoms with Crippen molar-refractivity contribution in [2.45, 2.75) is 25.8 Å². The van der Waals surface area contributed by atoms with Crippen LogP contribution in [0, 0.1) is 5.92 Å². The van der Waals surface area contributed by atoms with Crippen LogP contribution in [0.25, 0.3) is 0 Å². The van der Waals surface area contributed by atoms with Gasteiger partial charge in [-0.1, -0.05) is 0 Å². The third-order valence-electron chi connectivity index (χ3n) is 4.25. The predicted octanol–water partition coefficient (Wildman–Crippen LogP) is 0.640. The summed E-state index contributed by atoms with van der Waals surface area (Å²) in [5, 5.41) is 0. The Balaban J connectivity index is 1.78. The Bertz CT molecular complexity index is 447. The Morgan fingerprint density at radius 2 is 2.32 bits per heavy atom. The van der Waals surface area contributed by atoms with Crippen molar-refractivity contribution >= 4 is 5.95 Å². The Morgan fingerprint density at radius 1 is 1.42 bits per heavy atom.